The van der Waals surface area contributed by atoms with Crippen LogP contribution in [0.5, 0.6) is 0 Å². The molecule has 0 fully saturated rings. The van der Waals surface area contributed by atoms with Crippen LogP contribution in [0.4, 0.5) is 0 Å². The molecule has 0 aromatic heterocycles. The number of rotatable bonds is 6. The molecule has 0 atom stereocenters. The summed E-state index contributed by atoms with van der Waals surface area (Å²) in [5.74, 6) is -0.987. The maximum absolute atomic E-state index is 13.0. The molecule has 1 aliphatic heterocycles. The Bertz CT molecular complexity index is 1140. The summed E-state index contributed by atoms with van der Waals surface area (Å²) in [6, 6.07) is 17.9. The molecule has 2 aliphatic rings. The third-order valence-corrected chi connectivity index (χ3v) is 4.85. The van der Waals surface area contributed by atoms with Crippen LogP contribution in [0.1, 0.15) is 27.0 Å². The SMILES string of the molecule is NCc1ccc(C(=O)c2ccc3c(-c4ccc(CC(=O)O)cc4)nocc2-3)cc1. The average Bonchev–Trinajstić information content (AvgIpc) is 3.18. The molecule has 6 nitrogen and oxygen atoms in total. The molecule has 0 radical (unpaired) electrons. The molecule has 0 spiro atoms. The molecular formula is C23H18N2O4. The number of carboxylic acids is 1. The Kier molecular flexibility index (Phi) is 4.93. The van der Waals surface area contributed by atoms with Gasteiger partial charge < -0.3 is 15.4 Å². The van der Waals surface area contributed by atoms with Crippen molar-refractivity contribution >= 4 is 11.8 Å². The first-order valence-corrected chi connectivity index (χ1v) is 9.08. The van der Waals surface area contributed by atoms with E-state index in [1.54, 1.807) is 42.5 Å². The van der Waals surface area contributed by atoms with E-state index in [4.69, 9.17) is 15.4 Å². The summed E-state index contributed by atoms with van der Waals surface area (Å²) in [4.78, 5) is 23.8. The van der Waals surface area contributed by atoms with E-state index in [1.807, 2.05) is 18.2 Å². The van der Waals surface area contributed by atoms with Crippen molar-refractivity contribution in [3.63, 3.8) is 0 Å². The second-order valence-corrected chi connectivity index (χ2v) is 6.74. The molecule has 2 aromatic rings. The highest BCUT2D eigenvalue weighted by molar-refractivity contribution is 6.14. The van der Waals surface area contributed by atoms with Gasteiger partial charge in [0.1, 0.15) is 12.0 Å². The monoisotopic (exact) mass is 386 g/mol. The molecular weight excluding hydrogens is 368 g/mol. The molecule has 6 heteroatoms. The lowest BCUT2D eigenvalue weighted by Crippen LogP contribution is -2.03. The van der Waals surface area contributed by atoms with Crippen LogP contribution in [-0.4, -0.2) is 22.0 Å². The molecule has 144 valence electrons. The van der Waals surface area contributed by atoms with E-state index in [9.17, 15) is 9.59 Å². The summed E-state index contributed by atoms with van der Waals surface area (Å²) in [5, 5.41) is 13.0. The van der Waals surface area contributed by atoms with E-state index in [0.29, 0.717) is 34.5 Å². The number of benzene rings is 2. The molecule has 0 saturated heterocycles. The van der Waals surface area contributed by atoms with Crippen molar-refractivity contribution in [3.8, 4) is 22.4 Å². The van der Waals surface area contributed by atoms with Crippen LogP contribution in [0.3, 0.4) is 0 Å². The molecule has 1 aliphatic carbocycles. The number of aliphatic carboxylic acids is 1. The number of fused-ring (bicyclic) bond motifs is 1. The van der Waals surface area contributed by atoms with E-state index in [-0.39, 0.29) is 12.2 Å². The lowest BCUT2D eigenvalue weighted by atomic mass is 9.97. The van der Waals surface area contributed by atoms with Crippen LogP contribution in [0.25, 0.3) is 22.4 Å². The van der Waals surface area contributed by atoms with Gasteiger partial charge in [0.05, 0.1) is 6.42 Å². The number of nitrogens with two attached hydrogens (primary N) is 1. The van der Waals surface area contributed by atoms with Crippen LogP contribution in [0.2, 0.25) is 0 Å². The summed E-state index contributed by atoms with van der Waals surface area (Å²) in [6.07, 6.45) is 1.43. The second kappa shape index (κ2) is 7.69. The fourth-order valence-corrected chi connectivity index (χ4v) is 3.31. The predicted molar refractivity (Wildman–Crippen MR) is 108 cm³/mol. The van der Waals surface area contributed by atoms with Crippen molar-refractivity contribution in [3.05, 3.63) is 89.2 Å². The maximum Gasteiger partial charge on any atom is 0.307 e. The van der Waals surface area contributed by atoms with E-state index in [1.165, 1.54) is 6.26 Å². The van der Waals surface area contributed by atoms with Crippen molar-refractivity contribution in [2.75, 3.05) is 0 Å². The topological polar surface area (TPSA) is 106 Å². The fourth-order valence-electron chi connectivity index (χ4n) is 3.31. The molecule has 2 aromatic carbocycles. The minimum Gasteiger partial charge on any atom is -0.481 e. The maximum atomic E-state index is 13.0. The Morgan fingerprint density at radius 2 is 1.59 bits per heavy atom. The Morgan fingerprint density at radius 3 is 2.24 bits per heavy atom. The molecule has 0 saturated carbocycles. The number of carboxylic acid groups (broad SMARTS) is 1. The summed E-state index contributed by atoms with van der Waals surface area (Å²) in [6.45, 7) is 0.424. The van der Waals surface area contributed by atoms with E-state index in [0.717, 1.165) is 16.7 Å². The van der Waals surface area contributed by atoms with Gasteiger partial charge in [-0.2, -0.15) is 0 Å². The van der Waals surface area contributed by atoms with Crippen molar-refractivity contribution in [2.45, 2.75) is 13.0 Å². The lowest BCUT2D eigenvalue weighted by molar-refractivity contribution is -0.136. The molecule has 1 heterocycles. The van der Waals surface area contributed by atoms with Gasteiger partial charge in [0.25, 0.3) is 0 Å². The second-order valence-electron chi connectivity index (χ2n) is 6.74. The summed E-state index contributed by atoms with van der Waals surface area (Å²) >= 11 is 0. The van der Waals surface area contributed by atoms with Crippen molar-refractivity contribution in [2.24, 2.45) is 5.73 Å². The lowest BCUT2D eigenvalue weighted by Gasteiger charge is -2.08. The molecule has 0 bridgehead atoms. The van der Waals surface area contributed by atoms with Gasteiger partial charge in [-0.15, -0.1) is 0 Å². The zero-order valence-corrected chi connectivity index (χ0v) is 15.5. The number of hydrogen-bond donors (Lipinski definition) is 2. The highest BCUT2D eigenvalue weighted by atomic mass is 16.4. The van der Waals surface area contributed by atoms with Crippen molar-refractivity contribution < 1.29 is 19.2 Å². The quantitative estimate of drug-likeness (QED) is 0.489. The number of aromatic nitrogens is 1. The van der Waals surface area contributed by atoms with E-state index in [2.05, 4.69) is 5.16 Å². The molecule has 0 amide bonds. The Balaban J connectivity index is 1.66. The van der Waals surface area contributed by atoms with Gasteiger partial charge in [0.15, 0.2) is 5.78 Å². The highest BCUT2D eigenvalue weighted by Crippen LogP contribution is 2.36. The first kappa shape index (κ1) is 18.6. The van der Waals surface area contributed by atoms with Crippen molar-refractivity contribution in [1.29, 1.82) is 0 Å². The standard InChI is InChI=1S/C23H18N2O4/c24-12-15-3-7-17(8-4-15)23(28)19-10-9-18-20(19)13-29-25-22(18)16-5-1-14(2-6-16)11-21(26)27/h1-10,13H,11-12,24H2,(H,26,27). The minimum atomic E-state index is -0.883. The number of carbonyl (C=O) groups excluding carboxylic acids is 1. The Labute approximate surface area is 166 Å². The van der Waals surface area contributed by atoms with Gasteiger partial charge in [-0.25, -0.2) is 0 Å². The van der Waals surface area contributed by atoms with Crippen LogP contribution in [0.15, 0.2) is 71.4 Å². The van der Waals surface area contributed by atoms with E-state index < -0.39 is 5.97 Å². The Hall–Kier alpha value is -3.77. The highest BCUT2D eigenvalue weighted by Gasteiger charge is 2.22. The van der Waals surface area contributed by atoms with Gasteiger partial charge >= 0.3 is 5.97 Å². The average molecular weight is 386 g/mol. The number of hydrogen-bond acceptors (Lipinski definition) is 5. The smallest absolute Gasteiger partial charge is 0.307 e. The normalized spacial score (nSPS) is 10.9. The van der Waals surface area contributed by atoms with Crippen LogP contribution >= 0.6 is 0 Å². The third-order valence-electron chi connectivity index (χ3n) is 4.85. The first-order chi connectivity index (χ1) is 14.1. The zero-order chi connectivity index (χ0) is 20.4. The minimum absolute atomic E-state index is 0.0414. The van der Waals surface area contributed by atoms with Crippen LogP contribution < -0.4 is 5.73 Å². The van der Waals surface area contributed by atoms with E-state index >= 15 is 0 Å². The third kappa shape index (κ3) is 3.66. The van der Waals surface area contributed by atoms with Gasteiger partial charge in [-0.3, -0.25) is 9.59 Å². The Morgan fingerprint density at radius 1 is 0.897 bits per heavy atom. The fraction of sp³-hybridized carbons (Fsp3) is 0.0870. The van der Waals surface area contributed by atoms with Gasteiger partial charge in [-0.1, -0.05) is 59.8 Å². The molecule has 3 N–H and O–H groups in total. The number of ketones is 1. The summed E-state index contributed by atoms with van der Waals surface area (Å²) < 4.78 is 5.28. The largest absolute Gasteiger partial charge is 0.481 e. The van der Waals surface area contributed by atoms with Crippen LogP contribution in [0, 0.1) is 0 Å². The number of carbonyl (C=O) groups is 2. The molecule has 4 rings (SSSR count). The van der Waals surface area contributed by atoms with Crippen LogP contribution in [-0.2, 0) is 17.8 Å². The summed E-state index contributed by atoms with van der Waals surface area (Å²) in [5.41, 5.74) is 11.2. The van der Waals surface area contributed by atoms with Gasteiger partial charge in [-0.05, 0) is 17.2 Å². The van der Waals surface area contributed by atoms with Gasteiger partial charge in [0.2, 0.25) is 0 Å². The van der Waals surface area contributed by atoms with Gasteiger partial charge in [0, 0.05) is 34.4 Å². The zero-order valence-electron chi connectivity index (χ0n) is 15.5. The first-order valence-electron chi connectivity index (χ1n) is 9.08. The molecule has 29 heavy (non-hydrogen) atoms. The molecule has 0 unspecified atom stereocenters. The predicted octanol–water partition coefficient (Wildman–Crippen LogP) is 3.76. The van der Waals surface area contributed by atoms with Crippen molar-refractivity contribution in [1.82, 2.24) is 5.16 Å². The summed E-state index contributed by atoms with van der Waals surface area (Å²) in [7, 11) is 0. The number of nitrogens with zero attached hydrogens (tertiary/aromatic N) is 1.